The number of hydrogen-bond donors (Lipinski definition) is 1. The van der Waals surface area contributed by atoms with Crippen LogP contribution in [0.4, 0.5) is 11.4 Å². The standard InChI is InChI=1S/C22H29N3O2/c1-17-14-19(25-12-6-7-13-25)10-11-20(17)23-22(26)16-24(2)15-18-8-4-5-9-21(18)27-3/h4-5,8-11,14H,6-7,12-13,15-16H2,1-3H3,(H,23,26). The number of benzene rings is 2. The number of methoxy groups -OCH3 is 1. The molecule has 0 unspecified atom stereocenters. The Morgan fingerprint density at radius 3 is 2.63 bits per heavy atom. The van der Waals surface area contributed by atoms with Crippen molar-refractivity contribution in [1.82, 2.24) is 4.90 Å². The van der Waals surface area contributed by atoms with Crippen LogP contribution in [0.25, 0.3) is 0 Å². The average molecular weight is 367 g/mol. The lowest BCUT2D eigenvalue weighted by molar-refractivity contribution is -0.117. The third-order valence-corrected chi connectivity index (χ3v) is 5.00. The average Bonchev–Trinajstić information content (AvgIpc) is 3.18. The Balaban J connectivity index is 1.57. The minimum absolute atomic E-state index is 0.00980. The Kier molecular flexibility index (Phi) is 6.35. The summed E-state index contributed by atoms with van der Waals surface area (Å²) in [6, 6.07) is 14.2. The smallest absolute Gasteiger partial charge is 0.238 e. The summed E-state index contributed by atoms with van der Waals surface area (Å²) in [7, 11) is 3.61. The predicted molar refractivity (Wildman–Crippen MR) is 111 cm³/mol. The molecule has 0 spiro atoms. The van der Waals surface area contributed by atoms with Crippen LogP contribution in [0.15, 0.2) is 42.5 Å². The van der Waals surface area contributed by atoms with Crippen LogP contribution in [-0.2, 0) is 11.3 Å². The number of anilines is 2. The van der Waals surface area contributed by atoms with Crippen LogP contribution >= 0.6 is 0 Å². The fourth-order valence-electron chi connectivity index (χ4n) is 3.58. The molecule has 1 heterocycles. The number of nitrogens with zero attached hydrogens (tertiary/aromatic N) is 2. The van der Waals surface area contributed by atoms with Crippen LogP contribution in [0.5, 0.6) is 5.75 Å². The highest BCUT2D eigenvalue weighted by atomic mass is 16.5. The number of aryl methyl sites for hydroxylation is 1. The molecule has 0 saturated carbocycles. The number of rotatable bonds is 7. The summed E-state index contributed by atoms with van der Waals surface area (Å²) < 4.78 is 5.38. The zero-order valence-corrected chi connectivity index (χ0v) is 16.5. The molecule has 0 aliphatic carbocycles. The third kappa shape index (κ3) is 5.01. The Bertz CT molecular complexity index is 785. The molecule has 0 bridgehead atoms. The summed E-state index contributed by atoms with van der Waals surface area (Å²) in [5.74, 6) is 0.836. The molecule has 0 aromatic heterocycles. The first kappa shape index (κ1) is 19.2. The van der Waals surface area contributed by atoms with Crippen molar-refractivity contribution >= 4 is 17.3 Å². The molecule has 1 N–H and O–H groups in total. The summed E-state index contributed by atoms with van der Waals surface area (Å²) in [6.07, 6.45) is 2.52. The summed E-state index contributed by atoms with van der Waals surface area (Å²) in [5, 5.41) is 3.04. The van der Waals surface area contributed by atoms with E-state index in [0.29, 0.717) is 13.1 Å². The molecule has 144 valence electrons. The van der Waals surface area contributed by atoms with E-state index >= 15 is 0 Å². The molecule has 2 aromatic rings. The first-order valence-electron chi connectivity index (χ1n) is 9.52. The second-order valence-electron chi connectivity index (χ2n) is 7.23. The Morgan fingerprint density at radius 2 is 1.93 bits per heavy atom. The van der Waals surface area contributed by atoms with E-state index in [1.807, 2.05) is 49.2 Å². The number of para-hydroxylation sites is 1. The van der Waals surface area contributed by atoms with Crippen molar-refractivity contribution in [3.05, 3.63) is 53.6 Å². The van der Waals surface area contributed by atoms with Gasteiger partial charge in [0.15, 0.2) is 0 Å². The van der Waals surface area contributed by atoms with Gasteiger partial charge >= 0.3 is 0 Å². The number of hydrogen-bond acceptors (Lipinski definition) is 4. The topological polar surface area (TPSA) is 44.8 Å². The Labute approximate surface area is 161 Å². The van der Waals surface area contributed by atoms with Crippen LogP contribution in [0.1, 0.15) is 24.0 Å². The van der Waals surface area contributed by atoms with Gasteiger partial charge in [0, 0.05) is 36.6 Å². The zero-order chi connectivity index (χ0) is 19.2. The van der Waals surface area contributed by atoms with Crippen molar-refractivity contribution in [2.75, 3.05) is 44.0 Å². The molecule has 2 aromatic carbocycles. The maximum absolute atomic E-state index is 12.5. The van der Waals surface area contributed by atoms with Crippen molar-refractivity contribution in [3.8, 4) is 5.75 Å². The van der Waals surface area contributed by atoms with Crippen molar-refractivity contribution in [3.63, 3.8) is 0 Å². The van der Waals surface area contributed by atoms with Crippen molar-refractivity contribution in [2.24, 2.45) is 0 Å². The molecule has 5 heteroatoms. The maximum atomic E-state index is 12.5. The normalized spacial score (nSPS) is 13.9. The Hall–Kier alpha value is -2.53. The van der Waals surface area contributed by atoms with Gasteiger partial charge in [0.25, 0.3) is 0 Å². The largest absolute Gasteiger partial charge is 0.496 e. The van der Waals surface area contributed by atoms with E-state index in [4.69, 9.17) is 4.74 Å². The number of likely N-dealkylation sites (N-methyl/N-ethyl adjacent to an activating group) is 1. The van der Waals surface area contributed by atoms with E-state index < -0.39 is 0 Å². The molecule has 0 atom stereocenters. The highest BCUT2D eigenvalue weighted by molar-refractivity contribution is 5.93. The van der Waals surface area contributed by atoms with Gasteiger partial charge in [0.2, 0.25) is 5.91 Å². The molecule has 1 fully saturated rings. The highest BCUT2D eigenvalue weighted by Gasteiger charge is 2.14. The van der Waals surface area contributed by atoms with Crippen molar-refractivity contribution in [1.29, 1.82) is 0 Å². The molecule has 27 heavy (non-hydrogen) atoms. The van der Waals surface area contributed by atoms with Crippen LogP contribution in [0, 0.1) is 6.92 Å². The number of carbonyl (C=O) groups excluding carboxylic acids is 1. The SMILES string of the molecule is COc1ccccc1CN(C)CC(=O)Nc1ccc(N2CCCC2)cc1C. The minimum Gasteiger partial charge on any atom is -0.496 e. The van der Waals surface area contributed by atoms with E-state index in [0.717, 1.165) is 35.7 Å². The van der Waals surface area contributed by atoms with Crippen LogP contribution < -0.4 is 15.0 Å². The first-order chi connectivity index (χ1) is 13.1. The maximum Gasteiger partial charge on any atom is 0.238 e. The summed E-state index contributed by atoms with van der Waals surface area (Å²) in [4.78, 5) is 16.9. The fourth-order valence-corrected chi connectivity index (χ4v) is 3.58. The second-order valence-corrected chi connectivity index (χ2v) is 7.23. The van der Waals surface area contributed by atoms with E-state index in [1.165, 1.54) is 18.5 Å². The van der Waals surface area contributed by atoms with Crippen LogP contribution in [0.2, 0.25) is 0 Å². The van der Waals surface area contributed by atoms with Crippen LogP contribution in [0.3, 0.4) is 0 Å². The first-order valence-corrected chi connectivity index (χ1v) is 9.52. The van der Waals surface area contributed by atoms with Gasteiger partial charge in [-0.15, -0.1) is 0 Å². The molecule has 5 nitrogen and oxygen atoms in total. The molecule has 1 saturated heterocycles. The van der Waals surface area contributed by atoms with Gasteiger partial charge < -0.3 is 15.0 Å². The minimum atomic E-state index is -0.00980. The summed E-state index contributed by atoms with van der Waals surface area (Å²) >= 11 is 0. The summed E-state index contributed by atoms with van der Waals surface area (Å²) in [6.45, 7) is 5.28. The lowest BCUT2D eigenvalue weighted by atomic mass is 10.1. The number of amides is 1. The molecule has 3 rings (SSSR count). The van der Waals surface area contributed by atoms with Crippen LogP contribution in [-0.4, -0.2) is 44.6 Å². The fraction of sp³-hybridized carbons (Fsp3) is 0.409. The van der Waals surface area contributed by atoms with E-state index in [2.05, 4.69) is 22.3 Å². The molecular weight excluding hydrogens is 338 g/mol. The van der Waals surface area contributed by atoms with Crippen molar-refractivity contribution in [2.45, 2.75) is 26.3 Å². The Morgan fingerprint density at radius 1 is 1.19 bits per heavy atom. The van der Waals surface area contributed by atoms with Crippen molar-refractivity contribution < 1.29 is 9.53 Å². The lowest BCUT2D eigenvalue weighted by Gasteiger charge is -2.20. The monoisotopic (exact) mass is 367 g/mol. The van der Waals surface area contributed by atoms with Gasteiger partial charge in [-0.25, -0.2) is 0 Å². The molecule has 1 amide bonds. The second kappa shape index (κ2) is 8.91. The van der Waals surface area contributed by atoms with E-state index in [1.54, 1.807) is 7.11 Å². The summed E-state index contributed by atoms with van der Waals surface area (Å²) in [5.41, 5.74) is 4.30. The predicted octanol–water partition coefficient (Wildman–Crippen LogP) is 3.67. The van der Waals surface area contributed by atoms with E-state index in [-0.39, 0.29) is 5.91 Å². The lowest BCUT2D eigenvalue weighted by Crippen LogP contribution is -2.30. The molecule has 1 aliphatic heterocycles. The van der Waals surface area contributed by atoms with E-state index in [9.17, 15) is 4.79 Å². The third-order valence-electron chi connectivity index (χ3n) is 5.00. The quantitative estimate of drug-likeness (QED) is 0.811. The van der Waals surface area contributed by atoms with Gasteiger partial charge in [0.1, 0.15) is 5.75 Å². The number of carbonyl (C=O) groups is 1. The number of ether oxygens (including phenoxy) is 1. The van der Waals surface area contributed by atoms with Gasteiger partial charge in [0.05, 0.1) is 13.7 Å². The molecule has 1 aliphatic rings. The number of nitrogens with one attached hydrogen (secondary N) is 1. The highest BCUT2D eigenvalue weighted by Crippen LogP contribution is 2.25. The van der Waals surface area contributed by atoms with Gasteiger partial charge in [-0.1, -0.05) is 18.2 Å². The van der Waals surface area contributed by atoms with Gasteiger partial charge in [-0.2, -0.15) is 0 Å². The molecule has 0 radical (unpaired) electrons. The van der Waals surface area contributed by atoms with Gasteiger partial charge in [-0.05, 0) is 56.6 Å². The molecular formula is C22H29N3O2. The van der Waals surface area contributed by atoms with Gasteiger partial charge in [-0.3, -0.25) is 9.69 Å². The zero-order valence-electron chi connectivity index (χ0n) is 16.5.